The number of urea groups is 1. The monoisotopic (exact) mass is 307 g/mol. The molecule has 0 unspecified atom stereocenters. The second-order valence-electron chi connectivity index (χ2n) is 4.25. The van der Waals surface area contributed by atoms with Gasteiger partial charge in [-0.25, -0.2) is 13.2 Å². The number of carbonyl (C=O) groups excluding carboxylic acids is 1. The molecule has 7 nitrogen and oxygen atoms in total. The van der Waals surface area contributed by atoms with Crippen LogP contribution < -0.4 is 10.7 Å². The summed E-state index contributed by atoms with van der Waals surface area (Å²) in [6.45, 7) is 0. The fraction of sp³-hybridized carbons (Fsp3) is 0.0769. The molecular formula is C13H13N3O4S. The highest BCUT2D eigenvalue weighted by molar-refractivity contribution is 7.90. The zero-order valence-corrected chi connectivity index (χ0v) is 11.9. The van der Waals surface area contributed by atoms with Gasteiger partial charge >= 0.3 is 6.03 Å². The molecule has 1 aromatic heterocycles. The maximum absolute atomic E-state index is 11.7. The fourth-order valence-corrected chi connectivity index (χ4v) is 2.33. The summed E-state index contributed by atoms with van der Waals surface area (Å²) in [5.74, 6) is 0. The molecule has 1 heterocycles. The number of para-hydroxylation sites is 1. The van der Waals surface area contributed by atoms with Gasteiger partial charge < -0.3 is 10.5 Å². The minimum absolute atomic E-state index is 0.120. The first-order valence-electron chi connectivity index (χ1n) is 5.89. The van der Waals surface area contributed by atoms with E-state index >= 15 is 0 Å². The Bertz CT molecular complexity index is 826. The van der Waals surface area contributed by atoms with Gasteiger partial charge in [-0.15, -0.1) is 0 Å². The molecule has 8 heteroatoms. The van der Waals surface area contributed by atoms with Gasteiger partial charge in [0.15, 0.2) is 14.9 Å². The molecule has 2 rings (SSSR count). The van der Waals surface area contributed by atoms with Crippen molar-refractivity contribution >= 4 is 21.6 Å². The van der Waals surface area contributed by atoms with Crippen LogP contribution in [0.3, 0.4) is 0 Å². The third-order valence-corrected chi connectivity index (χ3v) is 3.58. The van der Waals surface area contributed by atoms with Crippen molar-refractivity contribution in [2.75, 3.05) is 11.6 Å². The van der Waals surface area contributed by atoms with Crippen LogP contribution in [-0.2, 0) is 9.84 Å². The Balaban J connectivity index is 2.32. The van der Waals surface area contributed by atoms with Gasteiger partial charge in [0.25, 0.3) is 0 Å². The third-order valence-electron chi connectivity index (χ3n) is 2.52. The molecule has 0 radical (unpaired) electrons. The van der Waals surface area contributed by atoms with Crippen LogP contribution in [0.25, 0.3) is 0 Å². The van der Waals surface area contributed by atoms with Crippen molar-refractivity contribution in [1.29, 1.82) is 0 Å². The lowest BCUT2D eigenvalue weighted by atomic mass is 10.3. The van der Waals surface area contributed by atoms with Crippen LogP contribution >= 0.6 is 0 Å². The minimum Gasteiger partial charge on any atom is -0.428 e. The number of pyridine rings is 1. The molecule has 0 aliphatic carbocycles. The van der Waals surface area contributed by atoms with Crippen molar-refractivity contribution in [2.24, 2.45) is 4.99 Å². The molecule has 0 aliphatic heterocycles. The number of anilines is 1. The van der Waals surface area contributed by atoms with Gasteiger partial charge in [0, 0.05) is 24.2 Å². The highest BCUT2D eigenvalue weighted by Crippen LogP contribution is 2.05. The molecule has 0 aliphatic rings. The summed E-state index contributed by atoms with van der Waals surface area (Å²) < 4.78 is 23.4. The Morgan fingerprint density at radius 2 is 1.90 bits per heavy atom. The van der Waals surface area contributed by atoms with Crippen LogP contribution in [-0.4, -0.2) is 30.6 Å². The smallest absolute Gasteiger partial charge is 0.345 e. The van der Waals surface area contributed by atoms with Crippen molar-refractivity contribution in [2.45, 2.75) is 5.03 Å². The number of rotatable bonds is 2. The molecule has 2 amide bonds. The van der Waals surface area contributed by atoms with E-state index in [-0.39, 0.29) is 10.4 Å². The second kappa shape index (κ2) is 5.80. The summed E-state index contributed by atoms with van der Waals surface area (Å²) in [6, 6.07) is 10.5. The van der Waals surface area contributed by atoms with Crippen LogP contribution in [0.5, 0.6) is 0 Å². The summed E-state index contributed by atoms with van der Waals surface area (Å²) in [5.41, 5.74) is 0.572. The Hall–Kier alpha value is -2.61. The van der Waals surface area contributed by atoms with Gasteiger partial charge in [0.2, 0.25) is 0 Å². The van der Waals surface area contributed by atoms with E-state index < -0.39 is 15.9 Å². The van der Waals surface area contributed by atoms with Gasteiger partial charge in [-0.2, -0.15) is 9.72 Å². The number of hydrogen-bond donors (Lipinski definition) is 2. The van der Waals surface area contributed by atoms with Crippen molar-refractivity contribution in [3.05, 3.63) is 54.0 Å². The van der Waals surface area contributed by atoms with E-state index in [9.17, 15) is 18.4 Å². The summed E-state index contributed by atoms with van der Waals surface area (Å²) in [5, 5.41) is 11.7. The van der Waals surface area contributed by atoms with Crippen molar-refractivity contribution < 1.29 is 18.4 Å². The fourth-order valence-electron chi connectivity index (χ4n) is 1.60. The van der Waals surface area contributed by atoms with Crippen molar-refractivity contribution in [3.63, 3.8) is 0 Å². The maximum Gasteiger partial charge on any atom is 0.345 e. The van der Waals surface area contributed by atoms with Gasteiger partial charge in [-0.1, -0.05) is 18.2 Å². The van der Waals surface area contributed by atoms with E-state index in [4.69, 9.17) is 0 Å². The first-order chi connectivity index (χ1) is 9.86. The number of carbonyl (C=O) groups is 1. The van der Waals surface area contributed by atoms with E-state index in [1.165, 1.54) is 6.07 Å². The van der Waals surface area contributed by atoms with Crippen LogP contribution in [0.4, 0.5) is 10.5 Å². The molecule has 1 aromatic carbocycles. The van der Waals surface area contributed by atoms with Crippen LogP contribution in [0.1, 0.15) is 0 Å². The SMILES string of the molecule is CS(=O)(=O)c1c/c(=N\C(=O)Nc2ccccc2)ccn1O. The molecule has 110 valence electrons. The highest BCUT2D eigenvalue weighted by atomic mass is 32.2. The number of nitrogens with zero attached hydrogens (tertiary/aromatic N) is 2. The number of amides is 2. The molecule has 2 N–H and O–H groups in total. The molecule has 0 atom stereocenters. The Morgan fingerprint density at radius 1 is 1.24 bits per heavy atom. The summed E-state index contributed by atoms with van der Waals surface area (Å²) in [6.07, 6.45) is 2.05. The average Bonchev–Trinajstić information content (AvgIpc) is 2.41. The Labute approximate surface area is 121 Å². The van der Waals surface area contributed by atoms with E-state index in [0.29, 0.717) is 10.4 Å². The number of aromatic nitrogens is 1. The maximum atomic E-state index is 11.7. The quantitative estimate of drug-likeness (QED) is 0.816. The van der Waals surface area contributed by atoms with E-state index in [1.54, 1.807) is 24.3 Å². The minimum atomic E-state index is -3.63. The zero-order valence-electron chi connectivity index (χ0n) is 11.1. The molecule has 0 bridgehead atoms. The predicted octanol–water partition coefficient (Wildman–Crippen LogP) is 1.26. The predicted molar refractivity (Wildman–Crippen MR) is 75.8 cm³/mol. The van der Waals surface area contributed by atoms with Gasteiger partial charge in [0.05, 0.1) is 5.36 Å². The summed E-state index contributed by atoms with van der Waals surface area (Å²) in [7, 11) is -3.63. The Kier molecular flexibility index (Phi) is 4.08. The molecule has 21 heavy (non-hydrogen) atoms. The van der Waals surface area contributed by atoms with Crippen LogP contribution in [0.2, 0.25) is 0 Å². The van der Waals surface area contributed by atoms with E-state index in [1.807, 2.05) is 6.07 Å². The lowest BCUT2D eigenvalue weighted by Crippen LogP contribution is -2.17. The first kappa shape index (κ1) is 14.8. The number of benzene rings is 1. The first-order valence-corrected chi connectivity index (χ1v) is 7.78. The van der Waals surface area contributed by atoms with Crippen molar-refractivity contribution in [1.82, 2.24) is 4.73 Å². The standard InChI is InChI=1S/C13H13N3O4S/c1-21(19,20)12-9-11(7-8-16(12)18)15-13(17)14-10-5-3-2-4-6-10/h2-9,18H,1H3,(H,14,17)/b15-11-. The molecule has 0 saturated heterocycles. The largest absolute Gasteiger partial charge is 0.428 e. The third kappa shape index (κ3) is 3.93. The lowest BCUT2D eigenvalue weighted by Gasteiger charge is -2.04. The van der Waals surface area contributed by atoms with E-state index in [2.05, 4.69) is 10.3 Å². The van der Waals surface area contributed by atoms with Crippen LogP contribution in [0, 0.1) is 0 Å². The summed E-state index contributed by atoms with van der Waals surface area (Å²) >= 11 is 0. The van der Waals surface area contributed by atoms with Gasteiger partial charge in [0.1, 0.15) is 0 Å². The summed E-state index contributed by atoms with van der Waals surface area (Å²) in [4.78, 5) is 15.5. The molecule has 2 aromatic rings. The lowest BCUT2D eigenvalue weighted by molar-refractivity contribution is 0.157. The molecule has 0 saturated carbocycles. The van der Waals surface area contributed by atoms with Gasteiger partial charge in [-0.3, -0.25) is 0 Å². The van der Waals surface area contributed by atoms with E-state index in [0.717, 1.165) is 18.5 Å². The van der Waals surface area contributed by atoms with Crippen molar-refractivity contribution in [3.8, 4) is 0 Å². The second-order valence-corrected chi connectivity index (χ2v) is 6.21. The molecule has 0 fully saturated rings. The van der Waals surface area contributed by atoms with Crippen LogP contribution in [0.15, 0.2) is 58.7 Å². The number of nitrogens with one attached hydrogen (secondary N) is 1. The molecule has 0 spiro atoms. The molecular weight excluding hydrogens is 294 g/mol. The topological polar surface area (TPSA) is 101 Å². The zero-order chi connectivity index (χ0) is 15.5. The number of hydrogen-bond acceptors (Lipinski definition) is 4. The normalized spacial score (nSPS) is 12.1. The van der Waals surface area contributed by atoms with Gasteiger partial charge in [-0.05, 0) is 18.2 Å². The number of sulfone groups is 1. The average molecular weight is 307 g/mol. The highest BCUT2D eigenvalue weighted by Gasteiger charge is 2.11. The Morgan fingerprint density at radius 3 is 2.52 bits per heavy atom.